The van der Waals surface area contributed by atoms with Crippen molar-refractivity contribution in [1.82, 2.24) is 4.57 Å². The fourth-order valence-corrected chi connectivity index (χ4v) is 15.6. The molecule has 0 fully saturated rings. The van der Waals surface area contributed by atoms with Crippen molar-refractivity contribution in [3.8, 4) is 95.0 Å². The predicted octanol–water partition coefficient (Wildman–Crippen LogP) is 23.4. The molecule has 2 heterocycles. The third kappa shape index (κ3) is 8.61. The molecule has 90 heavy (non-hydrogen) atoms. The standard InChI is InChI=1S/C88H66N2/c1-87(2)77-31-19-17-29-70(77)72-45-42-66(54-79(72)87)57-33-37-59(38-34-57)74-56-85(90-83(62-25-13-7-14-26-62)49-50-84(90)63-27-15-8-16-28-63)86(64-39-35-58(36-40-64)67-43-46-73-71-30-18-20-32-78(71)88(3,4)80(73)55-67)76-52-65-41-44-69(51-68(65)53-75(74)76)89-81(60-21-9-5-10-22-60)47-48-82(89)61-23-11-6-12-24-61/h5-49,51-56,84H,50H2,1-4H3. The zero-order valence-electron chi connectivity index (χ0n) is 51.1. The number of nitrogens with zero attached hydrogens (tertiary/aromatic N) is 2. The molecule has 0 bridgehead atoms. The van der Waals surface area contributed by atoms with E-state index in [9.17, 15) is 0 Å². The molecule has 13 aromatic carbocycles. The van der Waals surface area contributed by atoms with Crippen LogP contribution in [0.5, 0.6) is 0 Å². The second-order valence-corrected chi connectivity index (χ2v) is 25.9. The van der Waals surface area contributed by atoms with Gasteiger partial charge < -0.3 is 9.47 Å². The van der Waals surface area contributed by atoms with Gasteiger partial charge in [-0.05, 0) is 188 Å². The maximum atomic E-state index is 2.67. The van der Waals surface area contributed by atoms with Crippen LogP contribution in [0.1, 0.15) is 73.5 Å². The van der Waals surface area contributed by atoms with Gasteiger partial charge >= 0.3 is 0 Å². The minimum atomic E-state index is -0.0987. The van der Waals surface area contributed by atoms with Crippen molar-refractivity contribution < 1.29 is 0 Å². The van der Waals surface area contributed by atoms with Crippen LogP contribution < -0.4 is 4.90 Å². The predicted molar refractivity (Wildman–Crippen MR) is 379 cm³/mol. The largest absolute Gasteiger partial charge is 0.333 e. The van der Waals surface area contributed by atoms with E-state index in [1.165, 1.54) is 144 Å². The van der Waals surface area contributed by atoms with Crippen LogP contribution in [-0.2, 0) is 10.8 Å². The molecule has 2 nitrogen and oxygen atoms in total. The van der Waals surface area contributed by atoms with Gasteiger partial charge in [-0.2, -0.15) is 0 Å². The number of aromatic nitrogens is 1. The van der Waals surface area contributed by atoms with E-state index in [1.807, 2.05) is 0 Å². The van der Waals surface area contributed by atoms with Crippen LogP contribution in [0.25, 0.3) is 122 Å². The van der Waals surface area contributed by atoms with E-state index >= 15 is 0 Å². The first kappa shape index (κ1) is 53.4. The van der Waals surface area contributed by atoms with Gasteiger partial charge in [0.2, 0.25) is 0 Å². The maximum Gasteiger partial charge on any atom is 0.0627 e. The van der Waals surface area contributed by atoms with Gasteiger partial charge in [0.15, 0.2) is 0 Å². The van der Waals surface area contributed by atoms with Gasteiger partial charge in [-0.15, -0.1) is 0 Å². The Balaban J connectivity index is 0.896. The van der Waals surface area contributed by atoms with Gasteiger partial charge in [0.05, 0.1) is 23.1 Å². The molecular formula is C88H66N2. The summed E-state index contributed by atoms with van der Waals surface area (Å²) in [7, 11) is 0. The van der Waals surface area contributed by atoms with E-state index in [0.29, 0.717) is 0 Å². The average Bonchev–Trinajstić information content (AvgIpc) is 1.36. The van der Waals surface area contributed by atoms with Gasteiger partial charge in [0.25, 0.3) is 0 Å². The van der Waals surface area contributed by atoms with E-state index in [1.54, 1.807) is 0 Å². The van der Waals surface area contributed by atoms with Crippen LogP contribution in [0.4, 0.5) is 5.69 Å². The summed E-state index contributed by atoms with van der Waals surface area (Å²) in [5.41, 5.74) is 30.9. The average molecular weight is 1150 g/mol. The normalized spacial score (nSPS) is 15.0. The second-order valence-electron chi connectivity index (χ2n) is 25.9. The molecule has 2 aliphatic carbocycles. The number of hydrogen-bond donors (Lipinski definition) is 0. The zero-order valence-corrected chi connectivity index (χ0v) is 51.1. The number of hydrogen-bond acceptors (Lipinski definition) is 1. The highest BCUT2D eigenvalue weighted by molar-refractivity contribution is 6.16. The van der Waals surface area contributed by atoms with Gasteiger partial charge in [0, 0.05) is 27.8 Å². The Kier molecular flexibility index (Phi) is 12.4. The Morgan fingerprint density at radius 1 is 0.311 bits per heavy atom. The minimum Gasteiger partial charge on any atom is -0.333 e. The monoisotopic (exact) mass is 1150 g/mol. The highest BCUT2D eigenvalue weighted by atomic mass is 15.2. The highest BCUT2D eigenvalue weighted by Crippen LogP contribution is 2.54. The van der Waals surface area contributed by atoms with Crippen molar-refractivity contribution in [3.05, 3.63) is 343 Å². The summed E-state index contributed by atoms with van der Waals surface area (Å²) in [5.74, 6) is 0. The Morgan fingerprint density at radius 3 is 1.32 bits per heavy atom. The van der Waals surface area contributed by atoms with Crippen molar-refractivity contribution >= 4 is 32.9 Å². The first-order valence-electron chi connectivity index (χ1n) is 31.8. The summed E-state index contributed by atoms with van der Waals surface area (Å²) >= 11 is 0. The number of anilines is 1. The molecule has 14 aromatic rings. The second kappa shape index (κ2) is 20.9. The summed E-state index contributed by atoms with van der Waals surface area (Å²) in [5, 5.41) is 4.77. The molecule has 3 aliphatic rings. The summed E-state index contributed by atoms with van der Waals surface area (Å²) in [6.45, 7) is 9.49. The fourth-order valence-electron chi connectivity index (χ4n) is 15.6. The summed E-state index contributed by atoms with van der Waals surface area (Å²) < 4.78 is 2.44. The van der Waals surface area contributed by atoms with Gasteiger partial charge in [0.1, 0.15) is 0 Å². The molecule has 1 unspecified atom stereocenters. The van der Waals surface area contributed by atoms with Crippen LogP contribution >= 0.6 is 0 Å². The van der Waals surface area contributed by atoms with Gasteiger partial charge in [-0.3, -0.25) is 0 Å². The molecular weight excluding hydrogens is 1080 g/mol. The molecule has 0 radical (unpaired) electrons. The third-order valence-corrected chi connectivity index (χ3v) is 20.2. The summed E-state index contributed by atoms with van der Waals surface area (Å²) in [6, 6.07) is 114. The molecule has 0 amide bonds. The molecule has 0 saturated carbocycles. The van der Waals surface area contributed by atoms with E-state index < -0.39 is 0 Å². The van der Waals surface area contributed by atoms with E-state index in [2.05, 4.69) is 347 Å². The lowest BCUT2D eigenvalue weighted by molar-refractivity contribution is 0.660. The first-order chi connectivity index (χ1) is 44.1. The lowest BCUT2D eigenvalue weighted by Gasteiger charge is -2.34. The van der Waals surface area contributed by atoms with Crippen molar-refractivity contribution in [3.63, 3.8) is 0 Å². The van der Waals surface area contributed by atoms with Crippen LogP contribution in [0.3, 0.4) is 0 Å². The van der Waals surface area contributed by atoms with Gasteiger partial charge in [-0.1, -0.05) is 282 Å². The zero-order chi connectivity index (χ0) is 60.2. The Labute approximate surface area is 528 Å². The van der Waals surface area contributed by atoms with Gasteiger partial charge in [-0.25, -0.2) is 0 Å². The molecule has 0 saturated heterocycles. The summed E-state index contributed by atoms with van der Waals surface area (Å²) in [4.78, 5) is 2.67. The maximum absolute atomic E-state index is 2.67. The molecule has 1 aliphatic heterocycles. The molecule has 428 valence electrons. The van der Waals surface area contributed by atoms with Crippen molar-refractivity contribution in [2.75, 3.05) is 4.90 Å². The van der Waals surface area contributed by atoms with Crippen LogP contribution in [0, 0.1) is 0 Å². The Hall–Kier alpha value is -10.8. The lowest BCUT2D eigenvalue weighted by atomic mass is 9.81. The fraction of sp³-hybridized carbons (Fsp3) is 0.0909. The van der Waals surface area contributed by atoms with Crippen molar-refractivity contribution in [2.45, 2.75) is 51.0 Å². The highest BCUT2D eigenvalue weighted by Gasteiger charge is 2.38. The topological polar surface area (TPSA) is 8.17 Å². The quantitative estimate of drug-likeness (QED) is 0.124. The van der Waals surface area contributed by atoms with E-state index in [4.69, 9.17) is 0 Å². The molecule has 17 rings (SSSR count). The van der Waals surface area contributed by atoms with Crippen molar-refractivity contribution in [1.29, 1.82) is 0 Å². The van der Waals surface area contributed by atoms with E-state index in [-0.39, 0.29) is 16.9 Å². The Morgan fingerprint density at radius 2 is 0.767 bits per heavy atom. The molecule has 0 N–H and O–H groups in total. The van der Waals surface area contributed by atoms with Crippen LogP contribution in [-0.4, -0.2) is 4.57 Å². The minimum absolute atomic E-state index is 0.0448. The molecule has 0 spiro atoms. The summed E-state index contributed by atoms with van der Waals surface area (Å²) in [6.07, 6.45) is 3.34. The van der Waals surface area contributed by atoms with Crippen LogP contribution in [0.15, 0.2) is 309 Å². The lowest BCUT2D eigenvalue weighted by Crippen LogP contribution is -2.23. The smallest absolute Gasteiger partial charge is 0.0627 e. The molecule has 1 atom stereocenters. The first-order valence-corrected chi connectivity index (χ1v) is 31.8. The number of benzene rings is 13. The number of rotatable bonds is 10. The molecule has 2 heteroatoms. The van der Waals surface area contributed by atoms with Crippen LogP contribution in [0.2, 0.25) is 0 Å². The van der Waals surface area contributed by atoms with Crippen molar-refractivity contribution in [2.24, 2.45) is 0 Å². The molecule has 1 aromatic heterocycles. The van der Waals surface area contributed by atoms with E-state index in [0.717, 1.165) is 23.5 Å². The SMILES string of the molecule is CC1(C)c2ccccc2-c2ccc(-c3ccc(-c4cc(N5C(c6ccccc6)=CCC5c5ccccc5)c(-c5ccc(-c6ccc7c(c6)C(C)(C)c6ccccc6-7)cc5)c5cc6ccc(-n7c(-c8ccccc8)ccc7-c7ccccc7)cc6cc45)cc3)cc21. The third-order valence-electron chi connectivity index (χ3n) is 20.2. The number of fused-ring (bicyclic) bond motifs is 8. The Bertz CT molecular complexity index is 5110.